The lowest BCUT2D eigenvalue weighted by Gasteiger charge is -2.25. The molecule has 0 saturated heterocycles. The van der Waals surface area contributed by atoms with Crippen LogP contribution in [0.2, 0.25) is 0 Å². The van der Waals surface area contributed by atoms with E-state index in [9.17, 15) is 19.6 Å². The number of para-hydroxylation sites is 1. The third kappa shape index (κ3) is 6.80. The first-order valence-corrected chi connectivity index (χ1v) is 17.2. The lowest BCUT2D eigenvalue weighted by atomic mass is 9.95. The Morgan fingerprint density at radius 3 is 2.47 bits per heavy atom. The highest BCUT2D eigenvalue weighted by Gasteiger charge is 2.34. The van der Waals surface area contributed by atoms with E-state index in [0.717, 1.165) is 27.7 Å². The number of carbonyl (C=O) groups excluding carboxylic acids is 2. The van der Waals surface area contributed by atoms with Gasteiger partial charge in [0, 0.05) is 28.7 Å². The molecule has 1 atom stereocenters. The molecule has 3 heterocycles. The number of carbonyl (C=O) groups is 2. The highest BCUT2D eigenvalue weighted by Crippen LogP contribution is 2.36. The number of fused-ring (bicyclic) bond motifs is 2. The zero-order valence-corrected chi connectivity index (χ0v) is 29.7. The van der Waals surface area contributed by atoms with Crippen LogP contribution in [0.15, 0.2) is 87.8 Å². The summed E-state index contributed by atoms with van der Waals surface area (Å²) >= 11 is 1.25. The molecule has 260 valence electrons. The fourth-order valence-corrected chi connectivity index (χ4v) is 7.26. The third-order valence-electron chi connectivity index (χ3n) is 8.65. The van der Waals surface area contributed by atoms with E-state index in [4.69, 9.17) is 23.9 Å². The van der Waals surface area contributed by atoms with Gasteiger partial charge < -0.3 is 23.5 Å². The molecule has 51 heavy (non-hydrogen) atoms. The summed E-state index contributed by atoms with van der Waals surface area (Å²) in [6, 6.07) is 21.9. The minimum Gasteiger partial charge on any atom is -0.490 e. The molecule has 0 amide bonds. The maximum absolute atomic E-state index is 14.5. The number of benzene rings is 3. The van der Waals surface area contributed by atoms with Crippen LogP contribution in [-0.4, -0.2) is 48.0 Å². The number of aromatic nitrogens is 2. The average Bonchev–Trinajstić information content (AvgIpc) is 3.58. The van der Waals surface area contributed by atoms with Gasteiger partial charge in [-0.05, 0) is 75.2 Å². The predicted molar refractivity (Wildman–Crippen MR) is 192 cm³/mol. The molecule has 1 aliphatic rings. The number of esters is 2. The Balaban J connectivity index is 1.50. The van der Waals surface area contributed by atoms with Crippen LogP contribution in [0, 0.1) is 18.3 Å². The third-order valence-corrected chi connectivity index (χ3v) is 9.64. The van der Waals surface area contributed by atoms with Gasteiger partial charge in [0.25, 0.3) is 5.56 Å². The van der Waals surface area contributed by atoms with E-state index < -0.39 is 18.0 Å². The van der Waals surface area contributed by atoms with Gasteiger partial charge in [0.1, 0.15) is 0 Å². The number of nitrogens with zero attached hydrogens (tertiary/aromatic N) is 4. The minimum atomic E-state index is -0.880. The summed E-state index contributed by atoms with van der Waals surface area (Å²) < 4.78 is 25.9. The second-order valence-corrected chi connectivity index (χ2v) is 12.7. The Kier molecular flexibility index (Phi) is 10.2. The van der Waals surface area contributed by atoms with Gasteiger partial charge in [-0.1, -0.05) is 47.7 Å². The van der Waals surface area contributed by atoms with Crippen molar-refractivity contribution in [2.75, 3.05) is 26.9 Å². The van der Waals surface area contributed by atoms with E-state index in [1.54, 1.807) is 44.2 Å². The SMILES string of the molecule is CCOC(=O)C1=C(C)N=c2s/c(=C/c3c(C)n(Cc4ccc(C#N)cc4)c4ccccc34)c(=O)n2[C@@H]1c1ccc(OCC(=O)OC)c(OCC)c1. The molecule has 0 N–H and O–H groups in total. The van der Waals surface area contributed by atoms with Crippen molar-refractivity contribution in [1.82, 2.24) is 9.13 Å². The van der Waals surface area contributed by atoms with Crippen molar-refractivity contribution >= 4 is 40.3 Å². The molecule has 11 nitrogen and oxygen atoms in total. The highest BCUT2D eigenvalue weighted by molar-refractivity contribution is 7.07. The molecule has 0 saturated carbocycles. The second-order valence-electron chi connectivity index (χ2n) is 11.7. The first kappa shape index (κ1) is 34.9. The van der Waals surface area contributed by atoms with Gasteiger partial charge in [0.15, 0.2) is 22.9 Å². The van der Waals surface area contributed by atoms with Gasteiger partial charge in [-0.25, -0.2) is 14.6 Å². The van der Waals surface area contributed by atoms with Crippen molar-refractivity contribution in [3.8, 4) is 17.6 Å². The van der Waals surface area contributed by atoms with Crippen LogP contribution < -0.4 is 24.4 Å². The van der Waals surface area contributed by atoms with E-state index in [1.165, 1.54) is 23.0 Å². The van der Waals surface area contributed by atoms with Gasteiger partial charge in [0.05, 0.1) is 53.8 Å². The first-order valence-electron chi connectivity index (χ1n) is 16.4. The summed E-state index contributed by atoms with van der Waals surface area (Å²) in [5.41, 5.74) is 5.44. The quantitative estimate of drug-likeness (QED) is 0.177. The van der Waals surface area contributed by atoms with Gasteiger partial charge in [0.2, 0.25) is 0 Å². The van der Waals surface area contributed by atoms with Crippen molar-refractivity contribution in [3.63, 3.8) is 0 Å². The van der Waals surface area contributed by atoms with Gasteiger partial charge in [-0.15, -0.1) is 0 Å². The monoisotopic (exact) mass is 704 g/mol. The number of methoxy groups -OCH3 is 1. The standard InChI is InChI=1S/C39H36N4O7S/c1-6-48-32-18-27(16-17-31(32)50-22-34(44)47-5)36-35(38(46)49-7-2)23(3)41-39-43(36)37(45)33(51-39)19-29-24(4)42(30-11-9-8-10-28(29)30)21-26-14-12-25(20-40)13-15-26/h8-19,36H,6-7,21-22H2,1-5H3/b33-19+/t36-/m1/s1. The summed E-state index contributed by atoms with van der Waals surface area (Å²) in [4.78, 5) is 44.9. The average molecular weight is 705 g/mol. The Morgan fingerprint density at radius 1 is 1.00 bits per heavy atom. The maximum Gasteiger partial charge on any atom is 0.343 e. The summed E-state index contributed by atoms with van der Waals surface area (Å²) in [7, 11) is 1.27. The zero-order valence-electron chi connectivity index (χ0n) is 28.9. The fraction of sp³-hybridized carbons (Fsp3) is 0.256. The Bertz CT molecular complexity index is 2410. The Morgan fingerprint density at radius 2 is 1.76 bits per heavy atom. The van der Waals surface area contributed by atoms with Crippen LogP contribution in [0.5, 0.6) is 11.5 Å². The van der Waals surface area contributed by atoms with Crippen LogP contribution in [0.4, 0.5) is 0 Å². The van der Waals surface area contributed by atoms with Gasteiger partial charge in [-0.3, -0.25) is 9.36 Å². The van der Waals surface area contributed by atoms with Gasteiger partial charge >= 0.3 is 11.9 Å². The molecule has 3 aromatic carbocycles. The normalized spacial score (nSPS) is 14.1. The predicted octanol–water partition coefficient (Wildman–Crippen LogP) is 4.93. The molecule has 0 radical (unpaired) electrons. The molecule has 0 bridgehead atoms. The second kappa shape index (κ2) is 14.9. The Hall–Kier alpha value is -5.93. The van der Waals surface area contributed by atoms with E-state index in [1.807, 2.05) is 50.3 Å². The lowest BCUT2D eigenvalue weighted by Crippen LogP contribution is -2.40. The van der Waals surface area contributed by atoms with E-state index in [-0.39, 0.29) is 24.3 Å². The van der Waals surface area contributed by atoms with Gasteiger partial charge in [-0.2, -0.15) is 5.26 Å². The largest absolute Gasteiger partial charge is 0.490 e. The molecular formula is C39H36N4O7S. The molecule has 12 heteroatoms. The summed E-state index contributed by atoms with van der Waals surface area (Å²) in [6.45, 7) is 8.00. The fourth-order valence-electron chi connectivity index (χ4n) is 6.23. The van der Waals surface area contributed by atoms with Crippen LogP contribution >= 0.6 is 11.3 Å². The van der Waals surface area contributed by atoms with E-state index in [2.05, 4.69) is 16.7 Å². The Labute approximate surface area is 297 Å². The molecule has 0 fully saturated rings. The number of rotatable bonds is 11. The number of hydrogen-bond donors (Lipinski definition) is 0. The molecule has 1 aliphatic heterocycles. The van der Waals surface area contributed by atoms with Crippen molar-refractivity contribution in [2.24, 2.45) is 4.99 Å². The molecule has 0 spiro atoms. The molecule has 0 aliphatic carbocycles. The van der Waals surface area contributed by atoms with Crippen LogP contribution in [0.25, 0.3) is 17.0 Å². The summed E-state index contributed by atoms with van der Waals surface area (Å²) in [6.07, 6.45) is 1.90. The minimum absolute atomic E-state index is 0.142. The van der Waals surface area contributed by atoms with Crippen molar-refractivity contribution in [1.29, 1.82) is 5.26 Å². The molecule has 0 unspecified atom stereocenters. The zero-order chi connectivity index (χ0) is 36.2. The van der Waals surface area contributed by atoms with Crippen molar-refractivity contribution in [3.05, 3.63) is 126 Å². The van der Waals surface area contributed by atoms with Crippen LogP contribution in [0.3, 0.4) is 0 Å². The molecule has 6 rings (SSSR count). The number of thiazole rings is 1. The van der Waals surface area contributed by atoms with Crippen LogP contribution in [-0.2, 0) is 25.6 Å². The highest BCUT2D eigenvalue weighted by atomic mass is 32.1. The number of allylic oxidation sites excluding steroid dienone is 1. The number of ether oxygens (including phenoxy) is 4. The topological polar surface area (TPSA) is 134 Å². The van der Waals surface area contributed by atoms with Crippen LogP contribution in [0.1, 0.15) is 54.8 Å². The van der Waals surface area contributed by atoms with Crippen molar-refractivity contribution in [2.45, 2.75) is 40.3 Å². The van der Waals surface area contributed by atoms with E-state index >= 15 is 0 Å². The number of hydrogen-bond acceptors (Lipinski definition) is 10. The maximum atomic E-state index is 14.5. The smallest absolute Gasteiger partial charge is 0.343 e. The molecular weight excluding hydrogens is 669 g/mol. The lowest BCUT2D eigenvalue weighted by molar-refractivity contribution is -0.143. The summed E-state index contributed by atoms with van der Waals surface area (Å²) in [5, 5.41) is 10.2. The molecule has 2 aromatic heterocycles. The first-order chi connectivity index (χ1) is 24.7. The van der Waals surface area contributed by atoms with E-state index in [0.29, 0.717) is 50.8 Å². The summed E-state index contributed by atoms with van der Waals surface area (Å²) in [5.74, 6) is -0.484. The number of nitriles is 1. The van der Waals surface area contributed by atoms with Crippen molar-refractivity contribution < 1.29 is 28.5 Å². The molecule has 5 aromatic rings.